The first-order valence-electron chi connectivity index (χ1n) is 15.9. The lowest BCUT2D eigenvalue weighted by atomic mass is 9.63. The minimum atomic E-state index is -0.00220. The van der Waals surface area contributed by atoms with Crippen molar-refractivity contribution >= 4 is 23.0 Å². The van der Waals surface area contributed by atoms with Crippen LogP contribution >= 0.6 is 11.6 Å². The SMILES string of the molecule is CC/C(=C\C1=C(C)C(C)(C)CCC1(C)C)N(c1cc(Cl)cc(C(C)(C)C)c1)c1ccc2c(c1)C(C)(C)CCC2(C)C. The minimum Gasteiger partial charge on any atom is -0.314 e. The predicted molar refractivity (Wildman–Crippen MR) is 182 cm³/mol. The molecule has 0 fully saturated rings. The van der Waals surface area contributed by atoms with Crippen molar-refractivity contribution < 1.29 is 0 Å². The van der Waals surface area contributed by atoms with E-state index in [0.717, 1.165) is 17.1 Å². The Labute approximate surface area is 257 Å². The van der Waals surface area contributed by atoms with Gasteiger partial charge in [-0.05, 0) is 125 Å². The summed E-state index contributed by atoms with van der Waals surface area (Å²) < 4.78 is 0. The molecule has 224 valence electrons. The van der Waals surface area contributed by atoms with Gasteiger partial charge in [0.1, 0.15) is 0 Å². The molecule has 2 heteroatoms. The van der Waals surface area contributed by atoms with Gasteiger partial charge in [-0.25, -0.2) is 0 Å². The number of fused-ring (bicyclic) bond motifs is 1. The summed E-state index contributed by atoms with van der Waals surface area (Å²) in [4.78, 5) is 2.51. The highest BCUT2D eigenvalue weighted by Gasteiger charge is 2.39. The Balaban J connectivity index is 2.03. The van der Waals surface area contributed by atoms with Crippen LogP contribution in [0.5, 0.6) is 0 Å². The van der Waals surface area contributed by atoms with Gasteiger partial charge in [0, 0.05) is 22.1 Å². The number of nitrogens with zero attached hydrogens (tertiary/aromatic N) is 1. The van der Waals surface area contributed by atoms with Crippen LogP contribution in [0.4, 0.5) is 11.4 Å². The Morgan fingerprint density at radius 2 is 1.32 bits per heavy atom. The summed E-state index contributed by atoms with van der Waals surface area (Å²) in [5, 5.41) is 0.793. The maximum atomic E-state index is 6.88. The van der Waals surface area contributed by atoms with Crippen molar-refractivity contribution in [2.45, 2.75) is 138 Å². The van der Waals surface area contributed by atoms with Crippen LogP contribution in [0.3, 0.4) is 0 Å². The van der Waals surface area contributed by atoms with Gasteiger partial charge in [0.15, 0.2) is 0 Å². The molecule has 0 atom stereocenters. The van der Waals surface area contributed by atoms with E-state index in [-0.39, 0.29) is 27.1 Å². The van der Waals surface area contributed by atoms with E-state index >= 15 is 0 Å². The summed E-state index contributed by atoms with van der Waals surface area (Å²) in [7, 11) is 0. The molecule has 2 aromatic carbocycles. The molecular formula is C39H56ClN. The second-order valence-corrected chi connectivity index (χ2v) is 17.0. The zero-order chi connectivity index (χ0) is 30.8. The standard InChI is InChI=1S/C39H56ClN/c1-14-29(24-33-26(2)36(6,7)17-18-38(33,10)11)41(31-22-27(35(3,4)5)21-28(40)23-31)30-15-16-32-34(25-30)39(12,13)20-19-37(32,8)9/h15-16,21-25H,14,17-20H2,1-13H3/b29-24+. The van der Waals surface area contributed by atoms with Crippen molar-refractivity contribution in [1.29, 1.82) is 0 Å². The van der Waals surface area contributed by atoms with E-state index < -0.39 is 0 Å². The fraction of sp³-hybridized carbons (Fsp3) is 0.590. The molecule has 4 rings (SSSR count). The first kappa shape index (κ1) is 31.9. The first-order valence-corrected chi connectivity index (χ1v) is 16.3. The lowest BCUT2D eigenvalue weighted by molar-refractivity contribution is 0.267. The molecule has 2 aromatic rings. The predicted octanol–water partition coefficient (Wildman–Crippen LogP) is 12.6. The summed E-state index contributed by atoms with van der Waals surface area (Å²) in [6.45, 7) is 30.8. The Bertz CT molecular complexity index is 1370. The first-order chi connectivity index (χ1) is 18.7. The normalized spacial score (nSPS) is 21.5. The Morgan fingerprint density at radius 3 is 1.90 bits per heavy atom. The summed E-state index contributed by atoms with van der Waals surface area (Å²) in [5.74, 6) is 0. The highest BCUT2D eigenvalue weighted by molar-refractivity contribution is 6.31. The minimum absolute atomic E-state index is 0.00220. The molecule has 0 amide bonds. The highest BCUT2D eigenvalue weighted by atomic mass is 35.5. The Kier molecular flexibility index (Phi) is 8.27. The number of anilines is 2. The Morgan fingerprint density at radius 1 is 0.756 bits per heavy atom. The number of hydrogen-bond acceptors (Lipinski definition) is 1. The molecule has 2 aliphatic rings. The van der Waals surface area contributed by atoms with Gasteiger partial charge in [-0.3, -0.25) is 0 Å². The molecule has 0 unspecified atom stereocenters. The van der Waals surface area contributed by atoms with Crippen molar-refractivity contribution in [2.75, 3.05) is 4.90 Å². The number of hydrogen-bond donors (Lipinski definition) is 0. The fourth-order valence-electron chi connectivity index (χ4n) is 6.95. The summed E-state index contributed by atoms with van der Waals surface area (Å²) in [6.07, 6.45) is 8.31. The van der Waals surface area contributed by atoms with Gasteiger partial charge < -0.3 is 4.90 Å². The molecule has 0 aromatic heterocycles. The summed E-state index contributed by atoms with van der Waals surface area (Å²) >= 11 is 6.88. The molecule has 1 nitrogen and oxygen atoms in total. The van der Waals surface area contributed by atoms with E-state index in [2.05, 4.69) is 137 Å². The van der Waals surface area contributed by atoms with Crippen LogP contribution in [0, 0.1) is 10.8 Å². The molecule has 41 heavy (non-hydrogen) atoms. The van der Waals surface area contributed by atoms with Crippen LogP contribution in [-0.4, -0.2) is 0 Å². The van der Waals surface area contributed by atoms with E-state index in [1.165, 1.54) is 64.9 Å². The summed E-state index contributed by atoms with van der Waals surface area (Å²) in [5.41, 5.74) is 11.6. The second kappa shape index (κ2) is 10.6. The molecule has 0 saturated carbocycles. The zero-order valence-electron chi connectivity index (χ0n) is 28.4. The third-order valence-corrected chi connectivity index (χ3v) is 10.8. The number of rotatable bonds is 5. The summed E-state index contributed by atoms with van der Waals surface area (Å²) in [6, 6.07) is 13.9. The molecule has 0 N–H and O–H groups in total. The number of benzene rings is 2. The highest BCUT2D eigenvalue weighted by Crippen LogP contribution is 2.51. The molecule has 2 aliphatic carbocycles. The van der Waals surface area contributed by atoms with E-state index in [1.54, 1.807) is 0 Å². The van der Waals surface area contributed by atoms with Crippen molar-refractivity contribution in [2.24, 2.45) is 10.8 Å². The average molecular weight is 574 g/mol. The maximum Gasteiger partial charge on any atom is 0.0476 e. The third-order valence-electron chi connectivity index (χ3n) is 10.6. The number of allylic oxidation sites excluding steroid dienone is 4. The molecule has 0 heterocycles. The maximum absolute atomic E-state index is 6.88. The van der Waals surface area contributed by atoms with E-state index in [1.807, 2.05) is 0 Å². The Hall–Kier alpha value is -1.99. The van der Waals surface area contributed by atoms with Gasteiger partial charge in [0.2, 0.25) is 0 Å². The molecule has 0 aliphatic heterocycles. The molecule has 0 radical (unpaired) electrons. The van der Waals surface area contributed by atoms with Crippen molar-refractivity contribution in [3.8, 4) is 0 Å². The molecule has 0 saturated heterocycles. The van der Waals surface area contributed by atoms with Gasteiger partial charge in [0.25, 0.3) is 0 Å². The largest absolute Gasteiger partial charge is 0.314 e. The van der Waals surface area contributed by atoms with Gasteiger partial charge in [-0.2, -0.15) is 0 Å². The lowest BCUT2D eigenvalue weighted by Crippen LogP contribution is -2.34. The fourth-order valence-corrected chi connectivity index (χ4v) is 7.18. The zero-order valence-corrected chi connectivity index (χ0v) is 29.2. The van der Waals surface area contributed by atoms with Gasteiger partial charge >= 0.3 is 0 Å². The monoisotopic (exact) mass is 573 g/mol. The van der Waals surface area contributed by atoms with Crippen molar-refractivity contribution in [3.05, 3.63) is 81.0 Å². The van der Waals surface area contributed by atoms with Crippen LogP contribution in [0.1, 0.15) is 139 Å². The quantitative estimate of drug-likeness (QED) is 0.343. The van der Waals surface area contributed by atoms with Crippen LogP contribution in [-0.2, 0) is 16.2 Å². The van der Waals surface area contributed by atoms with Crippen LogP contribution in [0.15, 0.2) is 59.3 Å². The lowest BCUT2D eigenvalue weighted by Gasteiger charge is -2.43. The topological polar surface area (TPSA) is 3.24 Å². The van der Waals surface area contributed by atoms with Crippen LogP contribution in [0.2, 0.25) is 5.02 Å². The van der Waals surface area contributed by atoms with Gasteiger partial charge in [-0.15, -0.1) is 0 Å². The van der Waals surface area contributed by atoms with E-state index in [0.29, 0.717) is 0 Å². The number of halogens is 1. The van der Waals surface area contributed by atoms with Gasteiger partial charge in [0.05, 0.1) is 0 Å². The van der Waals surface area contributed by atoms with E-state index in [9.17, 15) is 0 Å². The molecule has 0 spiro atoms. The average Bonchev–Trinajstić information content (AvgIpc) is 2.86. The second-order valence-electron chi connectivity index (χ2n) is 16.6. The molecular weight excluding hydrogens is 518 g/mol. The smallest absolute Gasteiger partial charge is 0.0476 e. The van der Waals surface area contributed by atoms with Crippen LogP contribution in [0.25, 0.3) is 0 Å². The van der Waals surface area contributed by atoms with Crippen LogP contribution < -0.4 is 4.90 Å². The third kappa shape index (κ3) is 6.22. The van der Waals surface area contributed by atoms with E-state index in [4.69, 9.17) is 11.6 Å². The van der Waals surface area contributed by atoms with Gasteiger partial charge in [-0.1, -0.05) is 106 Å². The molecule has 0 bridgehead atoms. The van der Waals surface area contributed by atoms with Crippen molar-refractivity contribution in [1.82, 2.24) is 0 Å². The van der Waals surface area contributed by atoms with Crippen molar-refractivity contribution in [3.63, 3.8) is 0 Å².